The van der Waals surface area contributed by atoms with Crippen LogP contribution >= 0.6 is 0 Å². The number of rotatable bonds is 8. The van der Waals surface area contributed by atoms with Gasteiger partial charge in [-0.05, 0) is 56.5 Å². The zero-order chi connectivity index (χ0) is 21.0. The van der Waals surface area contributed by atoms with Gasteiger partial charge in [0, 0.05) is 18.0 Å². The molecule has 154 valence electrons. The van der Waals surface area contributed by atoms with E-state index in [1.807, 2.05) is 30.3 Å². The summed E-state index contributed by atoms with van der Waals surface area (Å²) in [7, 11) is -3.40. The van der Waals surface area contributed by atoms with Gasteiger partial charge in [0.15, 0.2) is 9.84 Å². The molecule has 2 N–H and O–H groups in total. The van der Waals surface area contributed by atoms with Crippen molar-refractivity contribution in [3.8, 4) is 0 Å². The number of hydrogen-bond acceptors (Lipinski definition) is 4. The molecule has 7 heteroatoms. The Morgan fingerprint density at radius 3 is 2.17 bits per heavy atom. The predicted octanol–water partition coefficient (Wildman–Crippen LogP) is 2.49. The topological polar surface area (TPSA) is 92.3 Å². The van der Waals surface area contributed by atoms with Gasteiger partial charge in [-0.2, -0.15) is 0 Å². The fraction of sp³-hybridized carbons (Fsp3) is 0.364. The lowest BCUT2D eigenvalue weighted by molar-refractivity contribution is -0.123. The van der Waals surface area contributed by atoms with E-state index in [1.165, 1.54) is 24.3 Å². The summed E-state index contributed by atoms with van der Waals surface area (Å²) < 4.78 is 24.5. The van der Waals surface area contributed by atoms with Crippen LogP contribution in [0.2, 0.25) is 0 Å². The summed E-state index contributed by atoms with van der Waals surface area (Å²) in [5, 5.41) is 5.20. The van der Waals surface area contributed by atoms with Crippen molar-refractivity contribution in [3.05, 3.63) is 65.7 Å². The molecule has 1 unspecified atom stereocenters. The molecule has 29 heavy (non-hydrogen) atoms. The van der Waals surface area contributed by atoms with Gasteiger partial charge in [-0.15, -0.1) is 0 Å². The molecule has 0 saturated heterocycles. The van der Waals surface area contributed by atoms with Gasteiger partial charge < -0.3 is 10.6 Å². The summed E-state index contributed by atoms with van der Waals surface area (Å²) in [6.07, 6.45) is 2.30. The number of benzene rings is 2. The number of carbonyl (C=O) groups excluding carboxylic acids is 2. The molecule has 0 aliphatic heterocycles. The van der Waals surface area contributed by atoms with Crippen molar-refractivity contribution < 1.29 is 18.0 Å². The number of amides is 2. The monoisotopic (exact) mass is 414 g/mol. The van der Waals surface area contributed by atoms with Crippen molar-refractivity contribution in [1.82, 2.24) is 10.6 Å². The molecule has 1 aliphatic rings. The van der Waals surface area contributed by atoms with Crippen molar-refractivity contribution >= 4 is 21.7 Å². The number of sulfone groups is 1. The highest BCUT2D eigenvalue weighted by molar-refractivity contribution is 7.92. The van der Waals surface area contributed by atoms with E-state index < -0.39 is 27.0 Å². The average Bonchev–Trinajstić information content (AvgIpc) is 3.52. The summed E-state index contributed by atoms with van der Waals surface area (Å²) in [4.78, 5) is 25.5. The third kappa shape index (κ3) is 5.44. The molecule has 1 saturated carbocycles. The minimum Gasteiger partial charge on any atom is -0.352 e. The van der Waals surface area contributed by atoms with Gasteiger partial charge in [0.1, 0.15) is 6.04 Å². The molecule has 1 fully saturated rings. The molecule has 1 atom stereocenters. The highest BCUT2D eigenvalue weighted by Gasteiger charge is 2.29. The van der Waals surface area contributed by atoms with Crippen molar-refractivity contribution in [2.75, 3.05) is 0 Å². The first-order valence-electron chi connectivity index (χ1n) is 9.76. The van der Waals surface area contributed by atoms with Crippen LogP contribution in [-0.4, -0.2) is 37.6 Å². The molecule has 0 spiro atoms. The molecular formula is C22H26N2O4S. The minimum atomic E-state index is -3.40. The van der Waals surface area contributed by atoms with Crippen molar-refractivity contribution in [3.63, 3.8) is 0 Å². The second-order valence-electron chi connectivity index (χ2n) is 7.62. The lowest BCUT2D eigenvalue weighted by atomic mass is 10.0. The fourth-order valence-electron chi connectivity index (χ4n) is 2.90. The molecule has 6 nitrogen and oxygen atoms in total. The van der Waals surface area contributed by atoms with Gasteiger partial charge >= 0.3 is 0 Å². The summed E-state index contributed by atoms with van der Waals surface area (Å²) in [5.41, 5.74) is 1.26. The Morgan fingerprint density at radius 2 is 1.62 bits per heavy atom. The van der Waals surface area contributed by atoms with Crippen molar-refractivity contribution in [1.29, 1.82) is 0 Å². The first-order chi connectivity index (χ1) is 13.8. The van der Waals surface area contributed by atoms with Crippen LogP contribution in [-0.2, 0) is 21.1 Å². The maximum atomic E-state index is 12.7. The van der Waals surface area contributed by atoms with Crippen LogP contribution in [0.4, 0.5) is 0 Å². The molecule has 2 amide bonds. The number of carbonyl (C=O) groups is 2. The maximum Gasteiger partial charge on any atom is 0.251 e. The Kier molecular flexibility index (Phi) is 6.37. The molecule has 0 bridgehead atoms. The van der Waals surface area contributed by atoms with E-state index in [2.05, 4.69) is 10.6 Å². The van der Waals surface area contributed by atoms with E-state index in [4.69, 9.17) is 0 Å². The Hall–Kier alpha value is -2.67. The molecular weight excluding hydrogens is 388 g/mol. The van der Waals surface area contributed by atoms with Crippen LogP contribution in [0.25, 0.3) is 0 Å². The standard InChI is InChI=1S/C22H26N2O4S/c1-15(2)29(27,28)19-12-8-17(9-13-19)21(25)24-20(22(26)23-18-10-11-18)14-16-6-4-3-5-7-16/h3-9,12-13,15,18,20H,10-11,14H2,1-2H3,(H,23,26)(H,24,25). The van der Waals surface area contributed by atoms with Crippen LogP contribution in [0, 0.1) is 0 Å². The van der Waals surface area contributed by atoms with Gasteiger partial charge in [0.2, 0.25) is 5.91 Å². The highest BCUT2D eigenvalue weighted by atomic mass is 32.2. The fourth-order valence-corrected chi connectivity index (χ4v) is 3.96. The van der Waals surface area contributed by atoms with Crippen LogP contribution in [0.5, 0.6) is 0 Å². The van der Waals surface area contributed by atoms with Gasteiger partial charge in [-0.25, -0.2) is 8.42 Å². The number of nitrogens with one attached hydrogen (secondary N) is 2. The Morgan fingerprint density at radius 1 is 1.00 bits per heavy atom. The molecule has 3 rings (SSSR count). The normalized spacial score (nSPS) is 15.0. The lowest BCUT2D eigenvalue weighted by Gasteiger charge is -2.19. The highest BCUT2D eigenvalue weighted by Crippen LogP contribution is 2.19. The second kappa shape index (κ2) is 8.78. The lowest BCUT2D eigenvalue weighted by Crippen LogP contribution is -2.48. The molecule has 1 aliphatic carbocycles. The van der Waals surface area contributed by atoms with Gasteiger partial charge in [0.05, 0.1) is 10.1 Å². The van der Waals surface area contributed by atoms with E-state index in [1.54, 1.807) is 13.8 Å². The SMILES string of the molecule is CC(C)S(=O)(=O)c1ccc(C(=O)NC(Cc2ccccc2)C(=O)NC2CC2)cc1. The maximum absolute atomic E-state index is 12.7. The van der Waals surface area contributed by atoms with Crippen LogP contribution < -0.4 is 10.6 Å². The summed E-state index contributed by atoms with van der Waals surface area (Å²) in [6, 6.07) is 14.8. The Balaban J connectivity index is 1.74. The van der Waals surface area contributed by atoms with Crippen LogP contribution in [0.1, 0.15) is 42.6 Å². The first-order valence-corrected chi connectivity index (χ1v) is 11.3. The Bertz CT molecular complexity index is 966. The van der Waals surface area contributed by atoms with E-state index in [9.17, 15) is 18.0 Å². The molecule has 2 aromatic carbocycles. The smallest absolute Gasteiger partial charge is 0.251 e. The summed E-state index contributed by atoms with van der Waals surface area (Å²) in [5.74, 6) is -0.617. The minimum absolute atomic E-state index is 0.177. The quantitative estimate of drug-likeness (QED) is 0.694. The van der Waals surface area contributed by atoms with E-state index >= 15 is 0 Å². The predicted molar refractivity (Wildman–Crippen MR) is 111 cm³/mol. The van der Waals surface area contributed by atoms with E-state index in [0.717, 1.165) is 18.4 Å². The van der Waals surface area contributed by atoms with Crippen LogP contribution in [0.3, 0.4) is 0 Å². The van der Waals surface area contributed by atoms with E-state index in [0.29, 0.717) is 12.0 Å². The van der Waals surface area contributed by atoms with Crippen molar-refractivity contribution in [2.45, 2.75) is 55.3 Å². The zero-order valence-electron chi connectivity index (χ0n) is 16.6. The largest absolute Gasteiger partial charge is 0.352 e. The van der Waals surface area contributed by atoms with E-state index in [-0.39, 0.29) is 16.8 Å². The summed E-state index contributed by atoms with van der Waals surface area (Å²) >= 11 is 0. The second-order valence-corrected chi connectivity index (χ2v) is 10.1. The molecule has 2 aromatic rings. The average molecular weight is 415 g/mol. The molecule has 0 radical (unpaired) electrons. The van der Waals surface area contributed by atoms with Crippen molar-refractivity contribution in [2.24, 2.45) is 0 Å². The van der Waals surface area contributed by atoms with Gasteiger partial charge in [0.25, 0.3) is 5.91 Å². The third-order valence-electron chi connectivity index (χ3n) is 4.89. The van der Waals surface area contributed by atoms with Gasteiger partial charge in [-0.3, -0.25) is 9.59 Å². The third-order valence-corrected chi connectivity index (χ3v) is 7.06. The zero-order valence-corrected chi connectivity index (χ0v) is 17.4. The van der Waals surface area contributed by atoms with Gasteiger partial charge in [-0.1, -0.05) is 30.3 Å². The number of hydrogen-bond donors (Lipinski definition) is 2. The summed E-state index contributed by atoms with van der Waals surface area (Å²) in [6.45, 7) is 3.23. The first kappa shape index (κ1) is 21.0. The Labute approximate surface area is 171 Å². The molecule has 0 heterocycles. The van der Waals surface area contributed by atoms with Crippen LogP contribution in [0.15, 0.2) is 59.5 Å². The molecule has 0 aromatic heterocycles.